The Labute approximate surface area is 88.5 Å². The molecule has 2 rings (SSSR count). The predicted molar refractivity (Wildman–Crippen MR) is 58.6 cm³/mol. The second-order valence-electron chi connectivity index (χ2n) is 3.17. The molecule has 0 spiro atoms. The number of rotatable bonds is 3. The Morgan fingerprint density at radius 1 is 1.20 bits per heavy atom. The Balaban J connectivity index is 2.44. The van der Waals surface area contributed by atoms with Crippen molar-refractivity contribution in [2.45, 2.75) is 6.54 Å². The molecule has 15 heavy (non-hydrogen) atoms. The molecule has 0 amide bonds. The zero-order chi connectivity index (χ0) is 10.7. The maximum atomic E-state index is 5.56. The highest BCUT2D eigenvalue weighted by Crippen LogP contribution is 2.30. The molecule has 2 N–H and O–H groups in total. The summed E-state index contributed by atoms with van der Waals surface area (Å²) in [6.45, 7) is 0.412. The molecule has 1 aromatic carbocycles. The first kappa shape index (κ1) is 9.80. The number of ether oxygens (including phenoxy) is 1. The molecule has 0 aliphatic heterocycles. The number of methoxy groups -OCH3 is 1. The van der Waals surface area contributed by atoms with Gasteiger partial charge in [0.25, 0.3) is 0 Å². The van der Waals surface area contributed by atoms with E-state index in [2.05, 4.69) is 0 Å². The van der Waals surface area contributed by atoms with Gasteiger partial charge in [0.1, 0.15) is 17.3 Å². The van der Waals surface area contributed by atoms with E-state index in [0.717, 1.165) is 22.8 Å². The first-order chi connectivity index (χ1) is 7.35. The molecule has 0 saturated carbocycles. The molecule has 1 aromatic heterocycles. The number of furan rings is 1. The van der Waals surface area contributed by atoms with E-state index >= 15 is 0 Å². The molecule has 1 heterocycles. The zero-order valence-electron chi connectivity index (χ0n) is 8.57. The molecule has 3 nitrogen and oxygen atoms in total. The number of benzene rings is 1. The minimum absolute atomic E-state index is 0.412. The Kier molecular flexibility index (Phi) is 2.74. The molecule has 0 saturated heterocycles. The van der Waals surface area contributed by atoms with E-state index in [0.29, 0.717) is 6.54 Å². The summed E-state index contributed by atoms with van der Waals surface area (Å²) in [5.74, 6) is 2.36. The molecule has 0 fully saturated rings. The van der Waals surface area contributed by atoms with Gasteiger partial charge < -0.3 is 14.9 Å². The molecule has 0 aliphatic carbocycles. The number of hydrogen-bond acceptors (Lipinski definition) is 3. The number of nitrogens with two attached hydrogens (primary N) is 1. The SMILES string of the molecule is COc1ccccc1-c1ccc(CN)o1. The van der Waals surface area contributed by atoms with Crippen molar-refractivity contribution in [3.05, 3.63) is 42.2 Å². The fourth-order valence-electron chi connectivity index (χ4n) is 1.48. The van der Waals surface area contributed by atoms with Gasteiger partial charge in [0.15, 0.2) is 0 Å². The van der Waals surface area contributed by atoms with Crippen molar-refractivity contribution in [1.29, 1.82) is 0 Å². The average Bonchev–Trinajstić information content (AvgIpc) is 2.77. The highest BCUT2D eigenvalue weighted by Gasteiger charge is 2.08. The second-order valence-corrected chi connectivity index (χ2v) is 3.17. The Morgan fingerprint density at radius 2 is 2.00 bits per heavy atom. The molecular weight excluding hydrogens is 190 g/mol. The number of hydrogen-bond donors (Lipinski definition) is 1. The van der Waals surface area contributed by atoms with Gasteiger partial charge in [0.2, 0.25) is 0 Å². The van der Waals surface area contributed by atoms with Crippen molar-refractivity contribution in [2.75, 3.05) is 7.11 Å². The third-order valence-corrected chi connectivity index (χ3v) is 2.24. The van der Waals surface area contributed by atoms with Crippen LogP contribution in [0.25, 0.3) is 11.3 Å². The van der Waals surface area contributed by atoms with Crippen molar-refractivity contribution in [2.24, 2.45) is 5.73 Å². The van der Waals surface area contributed by atoms with Crippen LogP contribution < -0.4 is 10.5 Å². The summed E-state index contributed by atoms with van der Waals surface area (Å²) < 4.78 is 10.8. The predicted octanol–water partition coefficient (Wildman–Crippen LogP) is 2.41. The van der Waals surface area contributed by atoms with Crippen LogP contribution in [-0.2, 0) is 6.54 Å². The van der Waals surface area contributed by atoms with Crippen LogP contribution >= 0.6 is 0 Å². The summed E-state index contributed by atoms with van der Waals surface area (Å²) in [7, 11) is 1.64. The lowest BCUT2D eigenvalue weighted by Gasteiger charge is -2.04. The maximum absolute atomic E-state index is 5.56. The molecule has 0 bridgehead atoms. The van der Waals surface area contributed by atoms with Crippen LogP contribution in [0.15, 0.2) is 40.8 Å². The van der Waals surface area contributed by atoms with Crippen LogP contribution in [0.4, 0.5) is 0 Å². The lowest BCUT2D eigenvalue weighted by atomic mass is 10.1. The van der Waals surface area contributed by atoms with E-state index < -0.39 is 0 Å². The van der Waals surface area contributed by atoms with Crippen LogP contribution in [0.2, 0.25) is 0 Å². The quantitative estimate of drug-likeness (QED) is 0.833. The van der Waals surface area contributed by atoms with Crippen LogP contribution in [0.5, 0.6) is 5.75 Å². The van der Waals surface area contributed by atoms with Crippen LogP contribution in [-0.4, -0.2) is 7.11 Å². The van der Waals surface area contributed by atoms with E-state index in [1.54, 1.807) is 7.11 Å². The summed E-state index contributed by atoms with van der Waals surface area (Å²) >= 11 is 0. The van der Waals surface area contributed by atoms with E-state index in [9.17, 15) is 0 Å². The first-order valence-corrected chi connectivity index (χ1v) is 4.77. The fourth-order valence-corrected chi connectivity index (χ4v) is 1.48. The van der Waals surface area contributed by atoms with E-state index in [1.807, 2.05) is 36.4 Å². The zero-order valence-corrected chi connectivity index (χ0v) is 8.57. The average molecular weight is 203 g/mol. The standard InChI is InChI=1S/C12H13NO2/c1-14-11-5-3-2-4-10(11)12-7-6-9(8-13)15-12/h2-7H,8,13H2,1H3. The molecule has 2 aromatic rings. The van der Waals surface area contributed by atoms with Crippen LogP contribution in [0, 0.1) is 0 Å². The normalized spacial score (nSPS) is 10.3. The Bertz CT molecular complexity index is 448. The van der Waals surface area contributed by atoms with Crippen molar-refractivity contribution >= 4 is 0 Å². The molecule has 0 radical (unpaired) electrons. The van der Waals surface area contributed by atoms with E-state index in [1.165, 1.54) is 0 Å². The minimum atomic E-state index is 0.412. The van der Waals surface area contributed by atoms with Gasteiger partial charge in [-0.15, -0.1) is 0 Å². The minimum Gasteiger partial charge on any atom is -0.496 e. The summed E-state index contributed by atoms with van der Waals surface area (Å²) in [6, 6.07) is 11.5. The van der Waals surface area contributed by atoms with Crippen molar-refractivity contribution < 1.29 is 9.15 Å². The van der Waals surface area contributed by atoms with Gasteiger partial charge >= 0.3 is 0 Å². The smallest absolute Gasteiger partial charge is 0.138 e. The summed E-state index contributed by atoms with van der Waals surface area (Å²) in [6.07, 6.45) is 0. The molecule has 0 unspecified atom stereocenters. The van der Waals surface area contributed by atoms with Gasteiger partial charge in [-0.1, -0.05) is 12.1 Å². The fraction of sp³-hybridized carbons (Fsp3) is 0.167. The second kappa shape index (κ2) is 4.19. The van der Waals surface area contributed by atoms with E-state index in [4.69, 9.17) is 14.9 Å². The van der Waals surface area contributed by atoms with Gasteiger partial charge in [0, 0.05) is 0 Å². The summed E-state index contributed by atoms with van der Waals surface area (Å²) in [5.41, 5.74) is 6.43. The molecule has 0 aliphatic rings. The molecule has 78 valence electrons. The third-order valence-electron chi connectivity index (χ3n) is 2.24. The largest absolute Gasteiger partial charge is 0.496 e. The van der Waals surface area contributed by atoms with Crippen molar-refractivity contribution in [3.63, 3.8) is 0 Å². The Hall–Kier alpha value is -1.74. The molecule has 0 atom stereocenters. The van der Waals surface area contributed by atoms with Crippen LogP contribution in [0.3, 0.4) is 0 Å². The highest BCUT2D eigenvalue weighted by molar-refractivity contribution is 5.65. The van der Waals surface area contributed by atoms with Gasteiger partial charge in [-0.05, 0) is 24.3 Å². The summed E-state index contributed by atoms with van der Waals surface area (Å²) in [4.78, 5) is 0. The molecule has 3 heteroatoms. The maximum Gasteiger partial charge on any atom is 0.138 e. The third kappa shape index (κ3) is 1.87. The Morgan fingerprint density at radius 3 is 2.67 bits per heavy atom. The van der Waals surface area contributed by atoms with E-state index in [-0.39, 0.29) is 0 Å². The lowest BCUT2D eigenvalue weighted by Crippen LogP contribution is -1.92. The van der Waals surface area contributed by atoms with Gasteiger partial charge in [-0.25, -0.2) is 0 Å². The van der Waals surface area contributed by atoms with Gasteiger partial charge in [0.05, 0.1) is 19.2 Å². The highest BCUT2D eigenvalue weighted by atomic mass is 16.5. The lowest BCUT2D eigenvalue weighted by molar-refractivity contribution is 0.414. The first-order valence-electron chi connectivity index (χ1n) is 4.77. The monoisotopic (exact) mass is 203 g/mol. The van der Waals surface area contributed by atoms with Gasteiger partial charge in [-0.3, -0.25) is 0 Å². The van der Waals surface area contributed by atoms with Crippen LogP contribution in [0.1, 0.15) is 5.76 Å². The number of para-hydroxylation sites is 1. The topological polar surface area (TPSA) is 48.4 Å². The van der Waals surface area contributed by atoms with Crippen molar-refractivity contribution in [3.8, 4) is 17.1 Å². The molecular formula is C12H13NO2. The summed E-state index contributed by atoms with van der Waals surface area (Å²) in [5, 5.41) is 0. The van der Waals surface area contributed by atoms with Crippen molar-refractivity contribution in [1.82, 2.24) is 0 Å². The van der Waals surface area contributed by atoms with Gasteiger partial charge in [-0.2, -0.15) is 0 Å².